The van der Waals surface area contributed by atoms with Gasteiger partial charge in [0.1, 0.15) is 0 Å². The van der Waals surface area contributed by atoms with Gasteiger partial charge >= 0.3 is 0 Å². The van der Waals surface area contributed by atoms with Crippen molar-refractivity contribution in [2.75, 3.05) is 27.2 Å². The van der Waals surface area contributed by atoms with Crippen LogP contribution in [0.4, 0.5) is 0 Å². The van der Waals surface area contributed by atoms with E-state index in [-0.39, 0.29) is 5.91 Å². The Morgan fingerprint density at radius 1 is 1.46 bits per heavy atom. The van der Waals surface area contributed by atoms with Crippen LogP contribution >= 0.6 is 0 Å². The van der Waals surface area contributed by atoms with Crippen LogP contribution in [0.5, 0.6) is 0 Å². The van der Waals surface area contributed by atoms with Gasteiger partial charge in [-0.15, -0.1) is 0 Å². The van der Waals surface area contributed by atoms with Crippen molar-refractivity contribution < 1.29 is 4.79 Å². The summed E-state index contributed by atoms with van der Waals surface area (Å²) in [6.45, 7) is 7.94. The molecule has 2 aromatic rings. The van der Waals surface area contributed by atoms with Crippen LogP contribution in [-0.2, 0) is 13.1 Å². The van der Waals surface area contributed by atoms with Crippen LogP contribution in [0.15, 0.2) is 12.4 Å². The molecule has 0 radical (unpaired) electrons. The second kappa shape index (κ2) is 6.76. The average molecular weight is 330 g/mol. The van der Waals surface area contributed by atoms with E-state index in [1.165, 1.54) is 5.56 Å². The first-order chi connectivity index (χ1) is 11.5. The second-order valence-electron chi connectivity index (χ2n) is 6.71. The summed E-state index contributed by atoms with van der Waals surface area (Å²) in [6.07, 6.45) is 4.83. The smallest absolute Gasteiger partial charge is 0.256 e. The molecule has 1 fully saturated rings. The third-order valence-electron chi connectivity index (χ3n) is 4.75. The largest absolute Gasteiger partial charge is 0.345 e. The highest BCUT2D eigenvalue weighted by atomic mass is 16.2. The van der Waals surface area contributed by atoms with E-state index in [9.17, 15) is 4.79 Å². The third-order valence-corrected chi connectivity index (χ3v) is 4.75. The maximum Gasteiger partial charge on any atom is 0.256 e. The van der Waals surface area contributed by atoms with Crippen molar-refractivity contribution in [1.29, 1.82) is 0 Å². The molecule has 3 rings (SSSR count). The predicted octanol–water partition coefficient (Wildman–Crippen LogP) is 1.63. The zero-order valence-electron chi connectivity index (χ0n) is 14.9. The van der Waals surface area contributed by atoms with E-state index in [1.807, 2.05) is 4.68 Å². The standard InChI is InChI=1S/C17H26N6O/c1-5-23-11-14(12(2)20-23)10-22-7-6-13(9-22)16-15(8-18-19-16)17(24)21(3)4/h8,11,13H,5-7,9-10H2,1-4H3,(H,18,19)/t13-/m0/s1. The van der Waals surface area contributed by atoms with Gasteiger partial charge in [0.05, 0.1) is 23.1 Å². The van der Waals surface area contributed by atoms with E-state index in [2.05, 4.69) is 40.2 Å². The molecule has 7 nitrogen and oxygen atoms in total. The molecule has 0 bridgehead atoms. The van der Waals surface area contributed by atoms with Crippen LogP contribution in [0, 0.1) is 6.92 Å². The first-order valence-corrected chi connectivity index (χ1v) is 8.49. The molecule has 24 heavy (non-hydrogen) atoms. The minimum atomic E-state index is 0.0114. The summed E-state index contributed by atoms with van der Waals surface area (Å²) in [6, 6.07) is 0. The molecule has 1 N–H and O–H groups in total. The molecule has 1 atom stereocenters. The molecule has 0 spiro atoms. The Morgan fingerprint density at radius 2 is 2.25 bits per heavy atom. The van der Waals surface area contributed by atoms with Crippen molar-refractivity contribution >= 4 is 5.91 Å². The molecule has 130 valence electrons. The normalized spacial score (nSPS) is 18.2. The number of amides is 1. The van der Waals surface area contributed by atoms with Crippen molar-refractivity contribution in [2.45, 2.75) is 39.3 Å². The molecule has 0 saturated carbocycles. The average Bonchev–Trinajstić information content (AvgIpc) is 3.26. The molecule has 1 saturated heterocycles. The van der Waals surface area contributed by atoms with Crippen molar-refractivity contribution in [2.24, 2.45) is 0 Å². The van der Waals surface area contributed by atoms with Crippen LogP contribution in [-0.4, -0.2) is 62.9 Å². The molecular formula is C17H26N6O. The lowest BCUT2D eigenvalue weighted by atomic mass is 10.0. The Hall–Kier alpha value is -2.15. The lowest BCUT2D eigenvalue weighted by molar-refractivity contribution is 0.0826. The summed E-state index contributed by atoms with van der Waals surface area (Å²) in [4.78, 5) is 16.3. The number of aromatic amines is 1. The Morgan fingerprint density at radius 3 is 2.92 bits per heavy atom. The zero-order valence-corrected chi connectivity index (χ0v) is 14.9. The zero-order chi connectivity index (χ0) is 17.3. The van der Waals surface area contributed by atoms with Gasteiger partial charge in [0.2, 0.25) is 0 Å². The van der Waals surface area contributed by atoms with Crippen LogP contribution in [0.2, 0.25) is 0 Å². The second-order valence-corrected chi connectivity index (χ2v) is 6.71. The number of rotatable bonds is 5. The van der Waals surface area contributed by atoms with Crippen molar-refractivity contribution in [3.8, 4) is 0 Å². The number of carbonyl (C=O) groups is 1. The summed E-state index contributed by atoms with van der Waals surface area (Å²) >= 11 is 0. The van der Waals surface area contributed by atoms with E-state index in [0.717, 1.165) is 44.0 Å². The van der Waals surface area contributed by atoms with E-state index < -0.39 is 0 Å². The van der Waals surface area contributed by atoms with Gasteiger partial charge in [-0.3, -0.25) is 19.5 Å². The van der Waals surface area contributed by atoms with E-state index in [4.69, 9.17) is 0 Å². The lowest BCUT2D eigenvalue weighted by Crippen LogP contribution is -2.24. The fourth-order valence-electron chi connectivity index (χ4n) is 3.35. The van der Waals surface area contributed by atoms with Gasteiger partial charge in [-0.2, -0.15) is 10.2 Å². The number of hydrogen-bond acceptors (Lipinski definition) is 4. The summed E-state index contributed by atoms with van der Waals surface area (Å²) in [5.74, 6) is 0.338. The molecule has 1 aliphatic heterocycles. The topological polar surface area (TPSA) is 70.1 Å². The third kappa shape index (κ3) is 3.21. The van der Waals surface area contributed by atoms with Crippen molar-refractivity contribution in [3.63, 3.8) is 0 Å². The van der Waals surface area contributed by atoms with Gasteiger partial charge in [-0.1, -0.05) is 0 Å². The van der Waals surface area contributed by atoms with Gasteiger partial charge < -0.3 is 4.90 Å². The van der Waals surface area contributed by atoms with E-state index in [0.29, 0.717) is 11.5 Å². The minimum absolute atomic E-state index is 0.0114. The summed E-state index contributed by atoms with van der Waals surface area (Å²) in [7, 11) is 3.54. The number of aromatic nitrogens is 4. The number of hydrogen-bond donors (Lipinski definition) is 1. The van der Waals surface area contributed by atoms with E-state index >= 15 is 0 Å². The Kier molecular flexibility index (Phi) is 4.71. The Balaban J connectivity index is 1.69. The predicted molar refractivity (Wildman–Crippen MR) is 91.9 cm³/mol. The Labute approximate surface area is 142 Å². The van der Waals surface area contributed by atoms with Gasteiger partial charge in [-0.25, -0.2) is 0 Å². The van der Waals surface area contributed by atoms with Crippen LogP contribution in [0.3, 0.4) is 0 Å². The Bertz CT molecular complexity index is 716. The number of nitrogens with one attached hydrogen (secondary N) is 1. The number of likely N-dealkylation sites (tertiary alicyclic amines) is 1. The fourth-order valence-corrected chi connectivity index (χ4v) is 3.35. The number of carbonyl (C=O) groups excluding carboxylic acids is 1. The molecule has 2 aromatic heterocycles. The maximum absolute atomic E-state index is 12.3. The molecule has 0 aromatic carbocycles. The first-order valence-electron chi connectivity index (χ1n) is 8.49. The lowest BCUT2D eigenvalue weighted by Gasteiger charge is -2.16. The van der Waals surface area contributed by atoms with Gasteiger partial charge in [-0.05, 0) is 26.8 Å². The van der Waals surface area contributed by atoms with Crippen LogP contribution < -0.4 is 0 Å². The quantitative estimate of drug-likeness (QED) is 0.904. The summed E-state index contributed by atoms with van der Waals surface area (Å²) in [5.41, 5.74) is 4.05. The molecular weight excluding hydrogens is 304 g/mol. The van der Waals surface area contributed by atoms with Gasteiger partial charge in [0.15, 0.2) is 0 Å². The number of aryl methyl sites for hydroxylation is 2. The monoisotopic (exact) mass is 330 g/mol. The van der Waals surface area contributed by atoms with Crippen molar-refractivity contribution in [1.82, 2.24) is 29.8 Å². The van der Waals surface area contributed by atoms with Crippen LogP contribution in [0.25, 0.3) is 0 Å². The molecule has 7 heteroatoms. The molecule has 1 aliphatic rings. The molecule has 0 unspecified atom stereocenters. The molecule has 1 amide bonds. The highest BCUT2D eigenvalue weighted by Crippen LogP contribution is 2.29. The maximum atomic E-state index is 12.3. The molecule has 0 aliphatic carbocycles. The van der Waals surface area contributed by atoms with E-state index in [1.54, 1.807) is 25.2 Å². The molecule has 3 heterocycles. The SMILES string of the molecule is CCn1cc(CN2CC[C@H](c3[nH]ncc3C(=O)N(C)C)C2)c(C)n1. The van der Waals surface area contributed by atoms with Crippen LogP contribution in [0.1, 0.15) is 46.6 Å². The number of nitrogens with zero attached hydrogens (tertiary/aromatic N) is 5. The number of H-pyrrole nitrogens is 1. The fraction of sp³-hybridized carbons (Fsp3) is 0.588. The summed E-state index contributed by atoms with van der Waals surface area (Å²) in [5, 5.41) is 11.7. The van der Waals surface area contributed by atoms with Gasteiger partial charge in [0, 0.05) is 51.4 Å². The minimum Gasteiger partial charge on any atom is -0.345 e. The summed E-state index contributed by atoms with van der Waals surface area (Å²) < 4.78 is 1.99. The van der Waals surface area contributed by atoms with Gasteiger partial charge in [0.25, 0.3) is 5.91 Å². The highest BCUT2D eigenvalue weighted by Gasteiger charge is 2.29. The highest BCUT2D eigenvalue weighted by molar-refractivity contribution is 5.94. The van der Waals surface area contributed by atoms with Crippen molar-refractivity contribution in [3.05, 3.63) is 34.9 Å². The first kappa shape index (κ1) is 16.7.